The number of nitrogens with one attached hydrogen (secondary N) is 2. The summed E-state index contributed by atoms with van der Waals surface area (Å²) in [5.74, 6) is 1.50. The average molecular weight is 457 g/mol. The zero-order valence-corrected chi connectivity index (χ0v) is 18.3. The molecule has 0 radical (unpaired) electrons. The SMILES string of the molecule is CN1C(Nc2cc3[nH]nc(N)c3c(-c3ccc(Oc4ccccc4)cc3)n2)C=CN1CC(=O)O. The number of nitrogens with two attached hydrogens (primary N) is 1. The van der Waals surface area contributed by atoms with E-state index in [-0.39, 0.29) is 12.7 Å². The Morgan fingerprint density at radius 2 is 1.91 bits per heavy atom. The second-order valence-electron chi connectivity index (χ2n) is 7.82. The third kappa shape index (κ3) is 4.21. The lowest BCUT2D eigenvalue weighted by Crippen LogP contribution is -2.43. The van der Waals surface area contributed by atoms with Gasteiger partial charge in [-0.2, -0.15) is 10.1 Å². The lowest BCUT2D eigenvalue weighted by Gasteiger charge is -2.29. The van der Waals surface area contributed by atoms with Gasteiger partial charge in [0.25, 0.3) is 0 Å². The minimum absolute atomic E-state index is 0.128. The number of hydrogen-bond donors (Lipinski definition) is 4. The summed E-state index contributed by atoms with van der Waals surface area (Å²) < 4.78 is 5.89. The van der Waals surface area contributed by atoms with Crippen molar-refractivity contribution in [3.8, 4) is 22.8 Å². The molecule has 4 aromatic rings. The Balaban J connectivity index is 1.43. The molecule has 1 unspecified atom stereocenters. The molecule has 0 amide bonds. The molecule has 0 aliphatic carbocycles. The summed E-state index contributed by atoms with van der Waals surface area (Å²) in [5, 5.41) is 23.6. The highest BCUT2D eigenvalue weighted by Gasteiger charge is 2.25. The van der Waals surface area contributed by atoms with Gasteiger partial charge < -0.3 is 25.9 Å². The molecule has 5 N–H and O–H groups in total. The van der Waals surface area contributed by atoms with Crippen LogP contribution in [0.2, 0.25) is 0 Å². The van der Waals surface area contributed by atoms with Crippen molar-refractivity contribution in [1.82, 2.24) is 25.2 Å². The van der Waals surface area contributed by atoms with Crippen LogP contribution in [0.15, 0.2) is 72.9 Å². The third-order valence-electron chi connectivity index (χ3n) is 5.52. The minimum Gasteiger partial charge on any atom is -0.480 e. The van der Waals surface area contributed by atoms with E-state index >= 15 is 0 Å². The van der Waals surface area contributed by atoms with E-state index in [1.165, 1.54) is 0 Å². The molecule has 0 spiro atoms. The van der Waals surface area contributed by atoms with Crippen molar-refractivity contribution in [2.75, 3.05) is 24.6 Å². The number of aromatic amines is 1. The molecular formula is C24H23N7O3. The van der Waals surface area contributed by atoms with Gasteiger partial charge >= 0.3 is 5.97 Å². The molecular weight excluding hydrogens is 434 g/mol. The summed E-state index contributed by atoms with van der Waals surface area (Å²) in [7, 11) is 1.81. The van der Waals surface area contributed by atoms with Gasteiger partial charge in [-0.1, -0.05) is 18.2 Å². The first-order valence-electron chi connectivity index (χ1n) is 10.6. The number of nitrogens with zero attached hydrogens (tertiary/aromatic N) is 4. The van der Waals surface area contributed by atoms with Crippen LogP contribution >= 0.6 is 0 Å². The van der Waals surface area contributed by atoms with Crippen LogP contribution in [0.1, 0.15) is 0 Å². The zero-order valence-electron chi connectivity index (χ0n) is 18.3. The third-order valence-corrected chi connectivity index (χ3v) is 5.52. The van der Waals surface area contributed by atoms with Gasteiger partial charge in [-0.05, 0) is 42.5 Å². The number of likely N-dealkylation sites (N-methyl/N-ethyl adjacent to an activating group) is 1. The molecule has 5 rings (SSSR count). The highest BCUT2D eigenvalue weighted by atomic mass is 16.5. The van der Waals surface area contributed by atoms with Crippen molar-refractivity contribution in [3.05, 3.63) is 72.9 Å². The minimum atomic E-state index is -0.911. The summed E-state index contributed by atoms with van der Waals surface area (Å²) >= 11 is 0. The number of fused-ring (bicyclic) bond motifs is 1. The van der Waals surface area contributed by atoms with Gasteiger partial charge in [-0.15, -0.1) is 0 Å². The summed E-state index contributed by atoms with van der Waals surface area (Å²) in [6.45, 7) is -0.128. The molecule has 10 heteroatoms. The molecule has 2 aromatic carbocycles. The summed E-state index contributed by atoms with van der Waals surface area (Å²) in [6.07, 6.45) is 3.33. The number of carbonyl (C=O) groups is 1. The van der Waals surface area contributed by atoms with Gasteiger partial charge in [-0.3, -0.25) is 9.89 Å². The number of hydrogen-bond acceptors (Lipinski definition) is 8. The van der Waals surface area contributed by atoms with Crippen LogP contribution in [-0.4, -0.2) is 56.0 Å². The Morgan fingerprint density at radius 3 is 2.65 bits per heavy atom. The van der Waals surface area contributed by atoms with Crippen LogP contribution in [0.4, 0.5) is 11.6 Å². The van der Waals surface area contributed by atoms with Gasteiger partial charge in [0, 0.05) is 24.9 Å². The molecule has 0 fully saturated rings. The molecule has 1 aliphatic rings. The average Bonchev–Trinajstić information content (AvgIpc) is 3.37. The molecule has 1 atom stereocenters. The number of benzene rings is 2. The van der Waals surface area contributed by atoms with Gasteiger partial charge in [0.2, 0.25) is 0 Å². The van der Waals surface area contributed by atoms with E-state index in [2.05, 4.69) is 15.5 Å². The Bertz CT molecular complexity index is 1350. The fourth-order valence-electron chi connectivity index (χ4n) is 3.82. The van der Waals surface area contributed by atoms with E-state index < -0.39 is 5.97 Å². The number of para-hydroxylation sites is 1. The predicted molar refractivity (Wildman–Crippen MR) is 129 cm³/mol. The fraction of sp³-hybridized carbons (Fsp3) is 0.125. The van der Waals surface area contributed by atoms with E-state index in [9.17, 15) is 4.79 Å². The number of aromatic nitrogens is 3. The first-order valence-corrected chi connectivity index (χ1v) is 10.6. The smallest absolute Gasteiger partial charge is 0.324 e. The van der Waals surface area contributed by atoms with Crippen molar-refractivity contribution in [3.63, 3.8) is 0 Å². The van der Waals surface area contributed by atoms with Gasteiger partial charge in [0.1, 0.15) is 30.0 Å². The monoisotopic (exact) mass is 457 g/mol. The molecule has 1 aliphatic heterocycles. The molecule has 0 saturated heterocycles. The number of carboxylic acids is 1. The first-order chi connectivity index (χ1) is 16.5. The summed E-state index contributed by atoms with van der Waals surface area (Å²) in [4.78, 5) is 15.9. The number of hydrazine groups is 1. The molecule has 2 aromatic heterocycles. The van der Waals surface area contributed by atoms with Gasteiger partial charge in [-0.25, -0.2) is 4.98 Å². The van der Waals surface area contributed by atoms with E-state index in [1.54, 1.807) is 23.3 Å². The molecule has 172 valence electrons. The number of pyridine rings is 1. The molecule has 10 nitrogen and oxygen atoms in total. The number of H-pyrrole nitrogens is 1. The lowest BCUT2D eigenvalue weighted by molar-refractivity contribution is -0.140. The maximum Gasteiger partial charge on any atom is 0.324 e. The van der Waals surface area contributed by atoms with Crippen LogP contribution < -0.4 is 15.8 Å². The highest BCUT2D eigenvalue weighted by Crippen LogP contribution is 2.33. The fourth-order valence-corrected chi connectivity index (χ4v) is 3.82. The maximum absolute atomic E-state index is 11.1. The van der Waals surface area contributed by atoms with Crippen LogP contribution in [-0.2, 0) is 4.79 Å². The van der Waals surface area contributed by atoms with Gasteiger partial charge in [0.05, 0.1) is 16.6 Å². The van der Waals surface area contributed by atoms with E-state index in [4.69, 9.17) is 20.6 Å². The second kappa shape index (κ2) is 8.75. The number of rotatable bonds is 7. The van der Waals surface area contributed by atoms with E-state index in [0.29, 0.717) is 23.1 Å². The standard InChI is InChI=1S/C24H23N7O3/c1-30-20(11-12-31(30)14-21(32)33)26-19-13-18-22(24(25)29-28-18)23(27-19)15-7-9-17(10-8-15)34-16-5-3-2-4-6-16/h2-13,20H,14H2,1H3,(H,26,27)(H,32,33)(H3,25,28,29). The topological polar surface area (TPSA) is 133 Å². The molecule has 0 bridgehead atoms. The number of nitrogen functional groups attached to an aromatic ring is 1. The quantitative estimate of drug-likeness (QED) is 0.329. The Kier molecular flexibility index (Phi) is 5.48. The van der Waals surface area contributed by atoms with E-state index in [0.717, 1.165) is 22.2 Å². The Labute approximate surface area is 195 Å². The van der Waals surface area contributed by atoms with Crippen LogP contribution in [0.5, 0.6) is 11.5 Å². The zero-order chi connectivity index (χ0) is 23.7. The van der Waals surface area contributed by atoms with Crippen molar-refractivity contribution in [1.29, 1.82) is 0 Å². The summed E-state index contributed by atoms with van der Waals surface area (Å²) in [6, 6.07) is 19.0. The van der Waals surface area contributed by atoms with Crippen molar-refractivity contribution < 1.29 is 14.6 Å². The highest BCUT2D eigenvalue weighted by molar-refractivity contribution is 6.01. The van der Waals surface area contributed by atoms with Crippen LogP contribution in [0.25, 0.3) is 22.2 Å². The van der Waals surface area contributed by atoms with Crippen molar-refractivity contribution >= 4 is 28.5 Å². The molecule has 0 saturated carbocycles. The van der Waals surface area contributed by atoms with Gasteiger partial charge in [0.15, 0.2) is 5.82 Å². The maximum atomic E-state index is 11.1. The van der Waals surface area contributed by atoms with Crippen molar-refractivity contribution in [2.45, 2.75) is 6.17 Å². The van der Waals surface area contributed by atoms with E-state index in [1.807, 2.05) is 66.7 Å². The number of aliphatic carboxylic acids is 1. The first kappa shape index (κ1) is 21.3. The molecule has 3 heterocycles. The number of ether oxygens (including phenoxy) is 1. The van der Waals surface area contributed by atoms with Crippen LogP contribution in [0, 0.1) is 0 Å². The number of carboxylic acid groups (broad SMARTS) is 1. The predicted octanol–water partition coefficient (Wildman–Crippen LogP) is 3.50. The van der Waals surface area contributed by atoms with Crippen LogP contribution in [0.3, 0.4) is 0 Å². The lowest BCUT2D eigenvalue weighted by atomic mass is 10.1. The largest absolute Gasteiger partial charge is 0.480 e. The Morgan fingerprint density at radius 1 is 1.18 bits per heavy atom. The second-order valence-corrected chi connectivity index (χ2v) is 7.82. The molecule has 34 heavy (non-hydrogen) atoms. The summed E-state index contributed by atoms with van der Waals surface area (Å²) in [5.41, 5.74) is 8.40. The number of anilines is 2. The normalized spacial score (nSPS) is 15.7. The Hall–Kier alpha value is -4.57. The van der Waals surface area contributed by atoms with Crippen molar-refractivity contribution in [2.24, 2.45) is 0 Å².